The molecule has 1 aromatic carbocycles. The van der Waals surface area contributed by atoms with E-state index in [1.165, 1.54) is 0 Å². The number of aliphatic hydroxyl groups is 1. The number of nitrogens with zero attached hydrogens (tertiary/aromatic N) is 3. The summed E-state index contributed by atoms with van der Waals surface area (Å²) in [4.78, 5) is 11.7. The number of methoxy groups -OCH3 is 1. The summed E-state index contributed by atoms with van der Waals surface area (Å²) in [6, 6.07) is 5.81. The van der Waals surface area contributed by atoms with Gasteiger partial charge in [-0.05, 0) is 45.7 Å². The minimum absolute atomic E-state index is 0.0798. The van der Waals surface area contributed by atoms with Crippen LogP contribution in [0.25, 0.3) is 11.0 Å². The average Bonchev–Trinajstić information content (AvgIpc) is 2.95. The van der Waals surface area contributed by atoms with Gasteiger partial charge in [0.05, 0.1) is 35.5 Å². The zero-order valence-electron chi connectivity index (χ0n) is 13.6. The Labute approximate surface area is 130 Å². The summed E-state index contributed by atoms with van der Waals surface area (Å²) >= 11 is 0. The number of aryl methyl sites for hydroxylation is 1. The average molecular weight is 301 g/mol. The van der Waals surface area contributed by atoms with Gasteiger partial charge in [0.2, 0.25) is 0 Å². The van der Waals surface area contributed by atoms with Crippen molar-refractivity contribution in [3.63, 3.8) is 0 Å². The topological polar surface area (TPSA) is 58.5 Å². The van der Waals surface area contributed by atoms with Crippen molar-refractivity contribution in [3.05, 3.63) is 23.9 Å². The van der Waals surface area contributed by atoms with Crippen LogP contribution >= 0.6 is 0 Å². The number of aromatic nitrogens is 2. The Bertz CT molecular complexity index is 694. The number of benzene rings is 1. The monoisotopic (exact) mass is 301 g/mol. The molecular formula is C17H23N3O2. The second-order valence-electron chi connectivity index (χ2n) is 6.49. The summed E-state index contributed by atoms with van der Waals surface area (Å²) in [6.45, 7) is 6.61. The van der Waals surface area contributed by atoms with Crippen LogP contribution in [0.15, 0.2) is 18.2 Å². The predicted octanol–water partition coefficient (Wildman–Crippen LogP) is 2.69. The van der Waals surface area contributed by atoms with E-state index < -0.39 is 5.60 Å². The molecule has 22 heavy (non-hydrogen) atoms. The minimum Gasteiger partial charge on any atom is -0.497 e. The highest BCUT2D eigenvalue weighted by atomic mass is 16.5. The van der Waals surface area contributed by atoms with Gasteiger partial charge in [-0.1, -0.05) is 0 Å². The van der Waals surface area contributed by atoms with Gasteiger partial charge in [-0.3, -0.25) is 0 Å². The lowest BCUT2D eigenvalue weighted by atomic mass is 9.96. The lowest BCUT2D eigenvalue weighted by Crippen LogP contribution is -2.46. The predicted molar refractivity (Wildman–Crippen MR) is 87.5 cm³/mol. The Morgan fingerprint density at radius 1 is 1.27 bits per heavy atom. The summed E-state index contributed by atoms with van der Waals surface area (Å²) in [6.07, 6.45) is 2.04. The van der Waals surface area contributed by atoms with E-state index in [4.69, 9.17) is 9.72 Å². The zero-order chi connectivity index (χ0) is 15.9. The molecule has 0 radical (unpaired) electrons. The maximum atomic E-state index is 10.4. The van der Waals surface area contributed by atoms with Crippen LogP contribution in [-0.2, 0) is 0 Å². The molecule has 0 saturated carbocycles. The summed E-state index contributed by atoms with van der Waals surface area (Å²) < 4.78 is 5.24. The first-order valence-electron chi connectivity index (χ1n) is 7.71. The standard InChI is InChI=1S/C17H23N3O2/c1-11-16(20-9-5-6-15(20)17(2,3)21)19-13-8-7-12(22-4)10-14(13)18-11/h7-8,10,15,21H,5-6,9H2,1-4H3. The van der Waals surface area contributed by atoms with Crippen LogP contribution in [0.5, 0.6) is 5.75 Å². The minimum atomic E-state index is -0.751. The SMILES string of the molecule is COc1ccc2nc(N3CCCC3C(C)(C)O)c(C)nc2c1. The Hall–Kier alpha value is -1.88. The van der Waals surface area contributed by atoms with Gasteiger partial charge in [-0.15, -0.1) is 0 Å². The largest absolute Gasteiger partial charge is 0.497 e. The van der Waals surface area contributed by atoms with E-state index in [-0.39, 0.29) is 6.04 Å². The molecule has 1 aliphatic rings. The molecule has 3 rings (SSSR count). The first-order chi connectivity index (χ1) is 10.4. The summed E-state index contributed by atoms with van der Waals surface area (Å²) in [5, 5.41) is 10.4. The number of hydrogen-bond donors (Lipinski definition) is 1. The van der Waals surface area contributed by atoms with Crippen LogP contribution in [0.1, 0.15) is 32.4 Å². The number of ether oxygens (including phenoxy) is 1. The molecule has 0 aliphatic carbocycles. The van der Waals surface area contributed by atoms with Crippen molar-refractivity contribution in [1.82, 2.24) is 9.97 Å². The van der Waals surface area contributed by atoms with Gasteiger partial charge in [0.1, 0.15) is 5.75 Å². The summed E-state index contributed by atoms with van der Waals surface area (Å²) in [5.74, 6) is 1.66. The molecule has 2 aromatic rings. The third-order valence-corrected chi connectivity index (χ3v) is 4.36. The molecular weight excluding hydrogens is 278 g/mol. The number of hydrogen-bond acceptors (Lipinski definition) is 5. The van der Waals surface area contributed by atoms with E-state index in [0.717, 1.165) is 47.7 Å². The van der Waals surface area contributed by atoms with Crippen molar-refractivity contribution in [2.24, 2.45) is 0 Å². The van der Waals surface area contributed by atoms with Crippen LogP contribution in [-0.4, -0.2) is 40.4 Å². The fraction of sp³-hybridized carbons (Fsp3) is 0.529. The van der Waals surface area contributed by atoms with Gasteiger partial charge in [0, 0.05) is 12.6 Å². The fourth-order valence-electron chi connectivity index (χ4n) is 3.27. The van der Waals surface area contributed by atoms with Crippen LogP contribution in [0.2, 0.25) is 0 Å². The van der Waals surface area contributed by atoms with Gasteiger partial charge in [0.15, 0.2) is 5.82 Å². The van der Waals surface area contributed by atoms with E-state index >= 15 is 0 Å². The maximum Gasteiger partial charge on any atom is 0.151 e. The quantitative estimate of drug-likeness (QED) is 0.944. The lowest BCUT2D eigenvalue weighted by molar-refractivity contribution is 0.0532. The van der Waals surface area contributed by atoms with Crippen molar-refractivity contribution in [3.8, 4) is 5.75 Å². The first-order valence-corrected chi connectivity index (χ1v) is 7.71. The molecule has 0 spiro atoms. The third kappa shape index (κ3) is 2.61. The van der Waals surface area contributed by atoms with E-state index in [0.29, 0.717) is 0 Å². The second kappa shape index (κ2) is 5.39. The molecule has 1 saturated heterocycles. The fourth-order valence-corrected chi connectivity index (χ4v) is 3.27. The molecule has 1 atom stereocenters. The highest BCUT2D eigenvalue weighted by molar-refractivity contribution is 5.78. The molecule has 1 fully saturated rings. The molecule has 1 unspecified atom stereocenters. The second-order valence-corrected chi connectivity index (χ2v) is 6.49. The number of rotatable bonds is 3. The highest BCUT2D eigenvalue weighted by Crippen LogP contribution is 2.33. The van der Waals surface area contributed by atoms with Crippen molar-refractivity contribution in [2.75, 3.05) is 18.6 Å². The van der Waals surface area contributed by atoms with Crippen LogP contribution in [0.4, 0.5) is 5.82 Å². The van der Waals surface area contributed by atoms with Crippen LogP contribution in [0.3, 0.4) is 0 Å². The zero-order valence-corrected chi connectivity index (χ0v) is 13.6. The van der Waals surface area contributed by atoms with Crippen LogP contribution < -0.4 is 9.64 Å². The Kier molecular flexibility index (Phi) is 3.68. The first kappa shape index (κ1) is 15.0. The normalized spacial score (nSPS) is 19.0. The van der Waals surface area contributed by atoms with Gasteiger partial charge in [0.25, 0.3) is 0 Å². The third-order valence-electron chi connectivity index (χ3n) is 4.36. The van der Waals surface area contributed by atoms with Crippen LogP contribution in [0, 0.1) is 6.92 Å². The maximum absolute atomic E-state index is 10.4. The molecule has 2 heterocycles. The Morgan fingerprint density at radius 2 is 2.05 bits per heavy atom. The molecule has 0 bridgehead atoms. The van der Waals surface area contributed by atoms with Gasteiger partial charge >= 0.3 is 0 Å². The van der Waals surface area contributed by atoms with Crippen molar-refractivity contribution in [1.29, 1.82) is 0 Å². The molecule has 5 heteroatoms. The van der Waals surface area contributed by atoms with E-state index in [2.05, 4.69) is 9.88 Å². The lowest BCUT2D eigenvalue weighted by Gasteiger charge is -2.35. The number of fused-ring (bicyclic) bond motifs is 1. The molecule has 118 valence electrons. The summed E-state index contributed by atoms with van der Waals surface area (Å²) in [5.41, 5.74) is 1.82. The van der Waals surface area contributed by atoms with Gasteiger partial charge in [-0.2, -0.15) is 0 Å². The van der Waals surface area contributed by atoms with E-state index in [1.54, 1.807) is 7.11 Å². The van der Waals surface area contributed by atoms with Crippen molar-refractivity contribution < 1.29 is 9.84 Å². The molecule has 1 aromatic heterocycles. The Morgan fingerprint density at radius 3 is 2.73 bits per heavy atom. The molecule has 1 aliphatic heterocycles. The molecule has 0 amide bonds. The highest BCUT2D eigenvalue weighted by Gasteiger charge is 2.37. The van der Waals surface area contributed by atoms with E-state index in [9.17, 15) is 5.11 Å². The van der Waals surface area contributed by atoms with Gasteiger partial charge in [-0.25, -0.2) is 9.97 Å². The number of anilines is 1. The van der Waals surface area contributed by atoms with Gasteiger partial charge < -0.3 is 14.7 Å². The molecule has 1 N–H and O–H groups in total. The van der Waals surface area contributed by atoms with Crippen molar-refractivity contribution >= 4 is 16.9 Å². The van der Waals surface area contributed by atoms with Crippen molar-refractivity contribution in [2.45, 2.75) is 45.3 Å². The smallest absolute Gasteiger partial charge is 0.151 e. The Balaban J connectivity index is 2.05. The molecule has 5 nitrogen and oxygen atoms in total. The van der Waals surface area contributed by atoms with E-state index in [1.807, 2.05) is 39.0 Å². The summed E-state index contributed by atoms with van der Waals surface area (Å²) in [7, 11) is 1.65.